The molecule has 0 aromatic rings. The minimum Gasteiger partial charge on any atom is -0.0917 e. The Bertz CT molecular complexity index is 326. The van der Waals surface area contributed by atoms with E-state index in [0.717, 1.165) is 23.7 Å². The van der Waals surface area contributed by atoms with E-state index in [-0.39, 0.29) is 0 Å². The summed E-state index contributed by atoms with van der Waals surface area (Å²) in [6.45, 7) is 4.48. The lowest BCUT2D eigenvalue weighted by Crippen LogP contribution is -2.15. The number of allylic oxidation sites excluding steroid dienone is 2. The van der Waals surface area contributed by atoms with E-state index in [9.17, 15) is 0 Å². The average molecular weight is 347 g/mol. The Morgan fingerprint density at radius 3 is 1.40 bits per heavy atom. The molecule has 0 aromatic heterocycles. The molecule has 0 amide bonds. The molecule has 146 valence electrons. The number of rotatable bonds is 11. The highest BCUT2D eigenvalue weighted by Gasteiger charge is 2.22. The zero-order chi connectivity index (χ0) is 17.7. The van der Waals surface area contributed by atoms with Crippen LogP contribution in [0.5, 0.6) is 0 Å². The maximum atomic E-state index is 2.35. The topological polar surface area (TPSA) is 0 Å². The van der Waals surface area contributed by atoms with Gasteiger partial charge in [-0.3, -0.25) is 0 Å². The molecule has 0 unspecified atom stereocenters. The molecular weight excluding hydrogens is 300 g/mol. The lowest BCUT2D eigenvalue weighted by Gasteiger charge is -2.29. The van der Waals surface area contributed by atoms with E-state index in [2.05, 4.69) is 26.0 Å². The van der Waals surface area contributed by atoms with Gasteiger partial charge in [-0.05, 0) is 43.4 Å². The van der Waals surface area contributed by atoms with Crippen LogP contribution in [0.15, 0.2) is 12.2 Å². The molecule has 2 fully saturated rings. The fourth-order valence-corrected chi connectivity index (χ4v) is 5.48. The summed E-state index contributed by atoms with van der Waals surface area (Å²) >= 11 is 0. The van der Waals surface area contributed by atoms with Crippen LogP contribution in [0.25, 0.3) is 0 Å². The molecule has 2 aliphatic rings. The third kappa shape index (κ3) is 8.78. The maximum Gasteiger partial charge on any atom is -0.0348 e. The van der Waals surface area contributed by atoms with E-state index >= 15 is 0 Å². The van der Waals surface area contributed by atoms with Crippen molar-refractivity contribution in [1.29, 1.82) is 0 Å². The van der Waals surface area contributed by atoms with Gasteiger partial charge in [-0.25, -0.2) is 0 Å². The minimum atomic E-state index is 1.04. The van der Waals surface area contributed by atoms with Crippen molar-refractivity contribution in [2.24, 2.45) is 23.7 Å². The largest absolute Gasteiger partial charge is 0.0917 e. The SMILES string of the molecule is CC=CCCC1CCC(CCCCC2CCC(CCCC)CC2)CC1. The quantitative estimate of drug-likeness (QED) is 0.259. The Balaban J connectivity index is 1.45. The second-order valence-electron chi connectivity index (χ2n) is 9.35. The van der Waals surface area contributed by atoms with Gasteiger partial charge in [0.1, 0.15) is 0 Å². The van der Waals surface area contributed by atoms with Crippen molar-refractivity contribution >= 4 is 0 Å². The summed E-state index contributed by atoms with van der Waals surface area (Å²) in [6.07, 6.45) is 30.1. The molecular formula is C25H46. The first-order valence-electron chi connectivity index (χ1n) is 11.9. The van der Waals surface area contributed by atoms with Crippen LogP contribution in [0, 0.1) is 23.7 Å². The maximum absolute atomic E-state index is 2.35. The summed E-state index contributed by atoms with van der Waals surface area (Å²) < 4.78 is 0. The van der Waals surface area contributed by atoms with Crippen LogP contribution in [0.1, 0.15) is 123 Å². The number of hydrogen-bond donors (Lipinski definition) is 0. The molecule has 0 nitrogen and oxygen atoms in total. The molecule has 0 radical (unpaired) electrons. The smallest absolute Gasteiger partial charge is 0.0348 e. The normalized spacial score (nSPS) is 30.8. The summed E-state index contributed by atoms with van der Waals surface area (Å²) in [4.78, 5) is 0. The first-order chi connectivity index (χ1) is 12.3. The van der Waals surface area contributed by atoms with Gasteiger partial charge in [0.15, 0.2) is 0 Å². The molecule has 0 bridgehead atoms. The van der Waals surface area contributed by atoms with Crippen LogP contribution < -0.4 is 0 Å². The zero-order valence-electron chi connectivity index (χ0n) is 17.5. The lowest BCUT2D eigenvalue weighted by molar-refractivity contribution is 0.232. The number of unbranched alkanes of at least 4 members (excludes halogenated alkanes) is 2. The Morgan fingerprint density at radius 2 is 1.00 bits per heavy atom. The van der Waals surface area contributed by atoms with Crippen LogP contribution in [0.3, 0.4) is 0 Å². The van der Waals surface area contributed by atoms with E-state index in [1.165, 1.54) is 77.0 Å². The monoisotopic (exact) mass is 346 g/mol. The molecule has 0 aliphatic heterocycles. The second kappa shape index (κ2) is 13.0. The van der Waals surface area contributed by atoms with Crippen LogP contribution >= 0.6 is 0 Å². The molecule has 0 heteroatoms. The molecule has 0 spiro atoms. The van der Waals surface area contributed by atoms with Crippen molar-refractivity contribution in [3.63, 3.8) is 0 Å². The predicted molar refractivity (Wildman–Crippen MR) is 113 cm³/mol. The van der Waals surface area contributed by atoms with E-state index in [4.69, 9.17) is 0 Å². The standard InChI is InChI=1S/C25H46/c1-3-5-7-11-23-18-20-25(21-19-23)13-9-8-12-24-16-14-22(15-17-24)10-6-4-2/h3,5,22-25H,4,6-21H2,1-2H3. The Kier molecular flexibility index (Phi) is 10.9. The molecule has 0 aromatic carbocycles. The lowest BCUT2D eigenvalue weighted by atomic mass is 9.76. The van der Waals surface area contributed by atoms with Gasteiger partial charge in [-0.2, -0.15) is 0 Å². The summed E-state index contributed by atoms with van der Waals surface area (Å²) in [5.74, 6) is 4.28. The molecule has 2 rings (SSSR count). The van der Waals surface area contributed by atoms with Crippen LogP contribution in [0.2, 0.25) is 0 Å². The zero-order valence-corrected chi connectivity index (χ0v) is 17.5. The van der Waals surface area contributed by atoms with Crippen molar-refractivity contribution < 1.29 is 0 Å². The minimum absolute atomic E-state index is 1.04. The van der Waals surface area contributed by atoms with E-state index in [0.29, 0.717) is 0 Å². The van der Waals surface area contributed by atoms with Crippen molar-refractivity contribution in [2.75, 3.05) is 0 Å². The molecule has 2 aliphatic carbocycles. The summed E-state index contributed by atoms with van der Waals surface area (Å²) in [5, 5.41) is 0. The summed E-state index contributed by atoms with van der Waals surface area (Å²) in [6, 6.07) is 0. The highest BCUT2D eigenvalue weighted by atomic mass is 14.3. The fourth-order valence-electron chi connectivity index (χ4n) is 5.48. The Hall–Kier alpha value is -0.260. The van der Waals surface area contributed by atoms with Gasteiger partial charge in [0, 0.05) is 0 Å². The van der Waals surface area contributed by atoms with E-state index < -0.39 is 0 Å². The van der Waals surface area contributed by atoms with E-state index in [1.54, 1.807) is 32.1 Å². The fraction of sp³-hybridized carbons (Fsp3) is 0.920. The molecule has 25 heavy (non-hydrogen) atoms. The van der Waals surface area contributed by atoms with Gasteiger partial charge in [0.2, 0.25) is 0 Å². The Morgan fingerprint density at radius 1 is 0.600 bits per heavy atom. The molecule has 0 saturated heterocycles. The van der Waals surface area contributed by atoms with Crippen LogP contribution in [-0.2, 0) is 0 Å². The van der Waals surface area contributed by atoms with Gasteiger partial charge in [0.25, 0.3) is 0 Å². The highest BCUT2D eigenvalue weighted by molar-refractivity contribution is 4.80. The first-order valence-corrected chi connectivity index (χ1v) is 11.9. The third-order valence-electron chi connectivity index (χ3n) is 7.35. The molecule has 0 heterocycles. The van der Waals surface area contributed by atoms with Gasteiger partial charge >= 0.3 is 0 Å². The van der Waals surface area contributed by atoms with Crippen molar-refractivity contribution in [3.05, 3.63) is 12.2 Å². The molecule has 2 saturated carbocycles. The summed E-state index contributed by atoms with van der Waals surface area (Å²) in [5.41, 5.74) is 0. The van der Waals surface area contributed by atoms with Crippen molar-refractivity contribution in [1.82, 2.24) is 0 Å². The highest BCUT2D eigenvalue weighted by Crippen LogP contribution is 2.36. The molecule has 0 N–H and O–H groups in total. The van der Waals surface area contributed by atoms with Gasteiger partial charge < -0.3 is 0 Å². The Labute approximate surface area is 159 Å². The van der Waals surface area contributed by atoms with Crippen molar-refractivity contribution in [2.45, 2.75) is 123 Å². The van der Waals surface area contributed by atoms with E-state index in [1.807, 2.05) is 0 Å². The number of hydrogen-bond acceptors (Lipinski definition) is 0. The van der Waals surface area contributed by atoms with Crippen molar-refractivity contribution in [3.8, 4) is 0 Å². The van der Waals surface area contributed by atoms with Gasteiger partial charge in [-0.15, -0.1) is 0 Å². The second-order valence-corrected chi connectivity index (χ2v) is 9.35. The third-order valence-corrected chi connectivity index (χ3v) is 7.35. The van der Waals surface area contributed by atoms with Crippen LogP contribution in [-0.4, -0.2) is 0 Å². The van der Waals surface area contributed by atoms with Gasteiger partial charge in [-0.1, -0.05) is 115 Å². The summed E-state index contributed by atoms with van der Waals surface area (Å²) in [7, 11) is 0. The average Bonchev–Trinajstić information content (AvgIpc) is 2.66. The van der Waals surface area contributed by atoms with Gasteiger partial charge in [0.05, 0.1) is 0 Å². The predicted octanol–water partition coefficient (Wildman–Crippen LogP) is 8.71. The van der Waals surface area contributed by atoms with Crippen LogP contribution in [0.4, 0.5) is 0 Å². The molecule has 0 atom stereocenters. The first kappa shape index (κ1) is 21.0.